The van der Waals surface area contributed by atoms with Crippen molar-refractivity contribution in [2.45, 2.75) is 84.7 Å². The Bertz CT molecular complexity index is 1020. The Morgan fingerprint density at radius 2 is 1.54 bits per heavy atom. The fraction of sp³-hybridized carbons (Fsp3) is 0.556. The van der Waals surface area contributed by atoms with E-state index in [1.165, 1.54) is 6.92 Å². The maximum absolute atomic E-state index is 13.1. The number of nitrogens with two attached hydrogens (primary N) is 1. The van der Waals surface area contributed by atoms with Crippen LogP contribution in [0.25, 0.3) is 0 Å². The lowest BCUT2D eigenvalue weighted by atomic mass is 9.99. The van der Waals surface area contributed by atoms with Crippen LogP contribution >= 0.6 is 0 Å². The number of primary amides is 1. The molecule has 1 aromatic carbocycles. The van der Waals surface area contributed by atoms with Gasteiger partial charge in [0, 0.05) is 6.42 Å². The Morgan fingerprint density at radius 3 is 2.08 bits per heavy atom. The van der Waals surface area contributed by atoms with Gasteiger partial charge in [0.2, 0.25) is 23.6 Å². The highest BCUT2D eigenvalue weighted by atomic mass is 16.5. The summed E-state index contributed by atoms with van der Waals surface area (Å²) in [6.07, 6.45) is -0.546. The Hall–Kier alpha value is -4.14. The molecule has 0 spiro atoms. The first-order valence-electron chi connectivity index (χ1n) is 12.9. The molecule has 5 amide bonds. The zero-order valence-electron chi connectivity index (χ0n) is 23.2. The van der Waals surface area contributed by atoms with Crippen LogP contribution in [-0.2, 0) is 30.5 Å². The van der Waals surface area contributed by atoms with Gasteiger partial charge in [0.05, 0.1) is 6.07 Å². The third-order valence-corrected chi connectivity index (χ3v) is 5.68. The van der Waals surface area contributed by atoms with E-state index in [9.17, 15) is 29.2 Å². The lowest BCUT2D eigenvalue weighted by Gasteiger charge is -2.27. The number of amides is 5. The van der Waals surface area contributed by atoms with Crippen LogP contribution in [0.3, 0.4) is 0 Å². The molecule has 12 heteroatoms. The van der Waals surface area contributed by atoms with E-state index in [2.05, 4.69) is 21.3 Å². The number of ether oxygens (including phenoxy) is 1. The first-order chi connectivity index (χ1) is 18.3. The van der Waals surface area contributed by atoms with Crippen molar-refractivity contribution in [2.24, 2.45) is 17.6 Å². The van der Waals surface area contributed by atoms with Gasteiger partial charge in [-0.1, -0.05) is 58.0 Å². The minimum atomic E-state index is -1.01. The molecule has 0 saturated carbocycles. The van der Waals surface area contributed by atoms with Gasteiger partial charge in [0.1, 0.15) is 30.8 Å². The molecule has 0 saturated heterocycles. The predicted molar refractivity (Wildman–Crippen MR) is 143 cm³/mol. The molecule has 39 heavy (non-hydrogen) atoms. The second-order valence-corrected chi connectivity index (χ2v) is 10.0. The van der Waals surface area contributed by atoms with Gasteiger partial charge in [-0.15, -0.1) is 0 Å². The molecule has 1 rings (SSSR count). The summed E-state index contributed by atoms with van der Waals surface area (Å²) in [5.74, 6) is -2.72. The zero-order chi connectivity index (χ0) is 29.5. The SMILES string of the molecule is CC(C)C[C@H](NC(=O)[C@@H](NC(=O)[C@H](C)NC(=O)OCc1ccccc1)C(C)C)C(=O)N[C@H](C#N)CCC(N)=O. The summed E-state index contributed by atoms with van der Waals surface area (Å²) in [5, 5.41) is 19.6. The quantitative estimate of drug-likeness (QED) is 0.219. The van der Waals surface area contributed by atoms with Gasteiger partial charge >= 0.3 is 6.09 Å². The highest BCUT2D eigenvalue weighted by Gasteiger charge is 2.31. The molecule has 4 atom stereocenters. The zero-order valence-corrected chi connectivity index (χ0v) is 23.2. The molecule has 0 aliphatic carbocycles. The summed E-state index contributed by atoms with van der Waals surface area (Å²) in [6, 6.07) is 7.01. The number of rotatable bonds is 15. The lowest BCUT2D eigenvalue weighted by Crippen LogP contribution is -2.58. The minimum absolute atomic E-state index is 0.0189. The van der Waals surface area contributed by atoms with E-state index < -0.39 is 53.9 Å². The fourth-order valence-electron chi connectivity index (χ4n) is 3.51. The normalized spacial score (nSPS) is 13.8. The third kappa shape index (κ3) is 12.8. The van der Waals surface area contributed by atoms with E-state index in [-0.39, 0.29) is 37.7 Å². The van der Waals surface area contributed by atoms with Crippen molar-refractivity contribution in [3.63, 3.8) is 0 Å². The standard InChI is InChI=1S/C27H40N6O6/c1-16(2)13-21(25(36)31-20(14-28)11-12-22(29)34)32-26(37)23(17(3)4)33-24(35)18(5)30-27(38)39-15-19-9-7-6-8-10-19/h6-10,16-18,20-21,23H,11-13,15H2,1-5H3,(H2,29,34)(H,30,38)(H,31,36)(H,32,37)(H,33,35)/t18-,20-,21-,23-/m0/s1. The van der Waals surface area contributed by atoms with E-state index in [1.807, 2.05) is 38.1 Å². The number of carbonyl (C=O) groups excluding carboxylic acids is 5. The van der Waals surface area contributed by atoms with Crippen LogP contribution in [0.4, 0.5) is 4.79 Å². The molecule has 1 aromatic rings. The summed E-state index contributed by atoms with van der Waals surface area (Å²) >= 11 is 0. The second kappa shape index (κ2) is 16.7. The number of carbonyl (C=O) groups is 5. The lowest BCUT2D eigenvalue weighted by molar-refractivity contribution is -0.133. The first-order valence-corrected chi connectivity index (χ1v) is 12.9. The van der Waals surface area contributed by atoms with E-state index in [0.717, 1.165) is 5.56 Å². The fourth-order valence-corrected chi connectivity index (χ4v) is 3.51. The van der Waals surface area contributed by atoms with E-state index in [1.54, 1.807) is 26.0 Å². The van der Waals surface area contributed by atoms with Gasteiger partial charge in [-0.25, -0.2) is 4.79 Å². The summed E-state index contributed by atoms with van der Waals surface area (Å²) < 4.78 is 5.13. The van der Waals surface area contributed by atoms with Crippen LogP contribution in [0.15, 0.2) is 30.3 Å². The maximum atomic E-state index is 13.1. The van der Waals surface area contributed by atoms with Gasteiger partial charge < -0.3 is 31.7 Å². The van der Waals surface area contributed by atoms with Crippen LogP contribution in [0.2, 0.25) is 0 Å². The van der Waals surface area contributed by atoms with E-state index in [0.29, 0.717) is 0 Å². The molecule has 0 radical (unpaired) electrons. The number of nitrogens with one attached hydrogen (secondary N) is 4. The molecular formula is C27H40N6O6. The van der Waals surface area contributed by atoms with Gasteiger partial charge in [0.15, 0.2) is 0 Å². The van der Waals surface area contributed by atoms with Gasteiger partial charge in [-0.3, -0.25) is 19.2 Å². The van der Waals surface area contributed by atoms with Crippen molar-refractivity contribution in [1.82, 2.24) is 21.3 Å². The molecule has 0 heterocycles. The molecule has 0 aromatic heterocycles. The summed E-state index contributed by atoms with van der Waals surface area (Å²) in [6.45, 7) is 8.68. The van der Waals surface area contributed by atoms with Gasteiger partial charge in [0.25, 0.3) is 0 Å². The smallest absolute Gasteiger partial charge is 0.408 e. The van der Waals surface area contributed by atoms with Gasteiger partial charge in [-0.2, -0.15) is 5.26 Å². The Kier molecular flexibility index (Phi) is 14.0. The molecule has 12 nitrogen and oxygen atoms in total. The molecule has 0 fully saturated rings. The average Bonchev–Trinajstić information content (AvgIpc) is 2.87. The van der Waals surface area contributed by atoms with E-state index >= 15 is 0 Å². The van der Waals surface area contributed by atoms with Crippen LogP contribution < -0.4 is 27.0 Å². The number of nitriles is 1. The molecule has 0 bridgehead atoms. The molecule has 6 N–H and O–H groups in total. The maximum Gasteiger partial charge on any atom is 0.408 e. The Labute approximate surface area is 229 Å². The van der Waals surface area contributed by atoms with Crippen molar-refractivity contribution < 1.29 is 28.7 Å². The number of alkyl carbamates (subject to hydrolysis) is 1. The molecule has 0 aliphatic heterocycles. The average molecular weight is 545 g/mol. The third-order valence-electron chi connectivity index (χ3n) is 5.68. The van der Waals surface area contributed by atoms with Crippen molar-refractivity contribution >= 4 is 29.7 Å². The molecule has 0 aliphatic rings. The van der Waals surface area contributed by atoms with Crippen molar-refractivity contribution in [3.8, 4) is 6.07 Å². The number of hydrogen-bond acceptors (Lipinski definition) is 7. The number of hydrogen-bond donors (Lipinski definition) is 5. The highest BCUT2D eigenvalue weighted by molar-refractivity contribution is 5.94. The van der Waals surface area contributed by atoms with Crippen molar-refractivity contribution in [2.75, 3.05) is 0 Å². The summed E-state index contributed by atoms with van der Waals surface area (Å²) in [5.41, 5.74) is 5.91. The topological polar surface area (TPSA) is 193 Å². The molecule has 214 valence electrons. The van der Waals surface area contributed by atoms with Crippen LogP contribution in [0.1, 0.15) is 59.4 Å². The van der Waals surface area contributed by atoms with Crippen LogP contribution in [0, 0.1) is 23.2 Å². The monoisotopic (exact) mass is 544 g/mol. The predicted octanol–water partition coefficient (Wildman–Crippen LogP) is 1.25. The Morgan fingerprint density at radius 1 is 0.897 bits per heavy atom. The highest BCUT2D eigenvalue weighted by Crippen LogP contribution is 2.09. The van der Waals surface area contributed by atoms with Crippen LogP contribution in [-0.4, -0.2) is 53.9 Å². The van der Waals surface area contributed by atoms with E-state index in [4.69, 9.17) is 10.5 Å². The number of nitrogens with zero attached hydrogens (tertiary/aromatic N) is 1. The number of benzene rings is 1. The second-order valence-electron chi connectivity index (χ2n) is 10.0. The van der Waals surface area contributed by atoms with Crippen molar-refractivity contribution in [3.05, 3.63) is 35.9 Å². The van der Waals surface area contributed by atoms with Crippen molar-refractivity contribution in [1.29, 1.82) is 5.26 Å². The Balaban J connectivity index is 2.79. The minimum Gasteiger partial charge on any atom is -0.445 e. The summed E-state index contributed by atoms with van der Waals surface area (Å²) in [7, 11) is 0. The first kappa shape index (κ1) is 32.9. The molecule has 0 unspecified atom stereocenters. The van der Waals surface area contributed by atoms with Gasteiger partial charge in [-0.05, 0) is 37.2 Å². The summed E-state index contributed by atoms with van der Waals surface area (Å²) in [4.78, 5) is 62.0. The molecular weight excluding hydrogens is 504 g/mol. The van der Waals surface area contributed by atoms with Crippen LogP contribution in [0.5, 0.6) is 0 Å². The largest absolute Gasteiger partial charge is 0.445 e.